The first kappa shape index (κ1) is 16.0. The summed E-state index contributed by atoms with van der Waals surface area (Å²) in [5.41, 5.74) is 0.372. The molecular weight excluding hydrogens is 310 g/mol. The highest BCUT2D eigenvalue weighted by Crippen LogP contribution is 2.28. The van der Waals surface area contributed by atoms with Crippen molar-refractivity contribution in [2.24, 2.45) is 0 Å². The Kier molecular flexibility index (Phi) is 5.38. The first-order valence-corrected chi connectivity index (χ1v) is 6.89. The lowest BCUT2D eigenvalue weighted by Crippen LogP contribution is -2.43. The summed E-state index contributed by atoms with van der Waals surface area (Å²) in [6.45, 7) is 7.31. The summed E-state index contributed by atoms with van der Waals surface area (Å²) in [6.07, 6.45) is -0.645. The monoisotopic (exact) mass is 329 g/mol. The number of carbonyl (C=O) groups is 1. The van der Waals surface area contributed by atoms with E-state index in [4.69, 9.17) is 4.74 Å². The number of halogens is 1. The topological polar surface area (TPSA) is 58.6 Å². The lowest BCUT2D eigenvalue weighted by molar-refractivity contribution is -0.124. The minimum absolute atomic E-state index is 0.0759. The molecule has 1 rings (SSSR count). The second-order valence-corrected chi connectivity index (χ2v) is 6.36. The third kappa shape index (κ3) is 5.61. The van der Waals surface area contributed by atoms with E-state index in [0.29, 0.717) is 11.3 Å². The van der Waals surface area contributed by atoms with Gasteiger partial charge in [-0.15, -0.1) is 0 Å². The van der Waals surface area contributed by atoms with E-state index >= 15 is 0 Å². The van der Waals surface area contributed by atoms with E-state index in [9.17, 15) is 9.90 Å². The van der Waals surface area contributed by atoms with Crippen LogP contribution in [0.25, 0.3) is 0 Å². The number of hydrogen-bond acceptors (Lipinski definition) is 3. The molecule has 0 saturated heterocycles. The number of amides is 1. The van der Waals surface area contributed by atoms with E-state index in [1.54, 1.807) is 19.1 Å². The summed E-state index contributed by atoms with van der Waals surface area (Å²) < 4.78 is 6.32. The smallest absolute Gasteiger partial charge is 0.258 e. The predicted molar refractivity (Wildman–Crippen MR) is 78.2 cm³/mol. The second-order valence-electron chi connectivity index (χ2n) is 5.44. The van der Waals surface area contributed by atoms with Crippen molar-refractivity contribution >= 4 is 21.8 Å². The Labute approximate surface area is 122 Å². The molecular formula is C14H20BrNO3. The van der Waals surface area contributed by atoms with E-state index in [0.717, 1.165) is 4.47 Å². The van der Waals surface area contributed by atoms with Crippen LogP contribution in [0.5, 0.6) is 5.75 Å². The van der Waals surface area contributed by atoms with Crippen LogP contribution in [0.15, 0.2) is 22.7 Å². The van der Waals surface area contributed by atoms with Gasteiger partial charge in [-0.05, 0) is 39.8 Å². The minimum Gasteiger partial charge on any atom is -0.483 e. The highest BCUT2D eigenvalue weighted by Gasteiger charge is 2.15. The molecule has 0 unspecified atom stereocenters. The van der Waals surface area contributed by atoms with Crippen LogP contribution < -0.4 is 10.1 Å². The van der Waals surface area contributed by atoms with Crippen molar-refractivity contribution in [3.8, 4) is 5.75 Å². The van der Waals surface area contributed by atoms with Gasteiger partial charge in [0.2, 0.25) is 0 Å². The van der Waals surface area contributed by atoms with E-state index in [2.05, 4.69) is 21.2 Å². The van der Waals surface area contributed by atoms with Crippen LogP contribution in [0.4, 0.5) is 0 Å². The van der Waals surface area contributed by atoms with Gasteiger partial charge in [0, 0.05) is 15.6 Å². The van der Waals surface area contributed by atoms with Crippen LogP contribution in [-0.2, 0) is 4.79 Å². The fraction of sp³-hybridized carbons (Fsp3) is 0.500. The molecule has 106 valence electrons. The normalized spacial score (nSPS) is 12.9. The largest absolute Gasteiger partial charge is 0.483 e. The molecule has 0 aromatic heterocycles. The molecule has 5 heteroatoms. The first-order valence-electron chi connectivity index (χ1n) is 6.10. The lowest BCUT2D eigenvalue weighted by Gasteiger charge is -2.21. The standard InChI is InChI=1S/C14H20BrNO3/c1-9(17)11-6-5-10(15)7-12(11)19-8-13(18)16-14(2,3)4/h5-7,9,17H,8H2,1-4H3,(H,16,18)/t9-/m0/s1. The van der Waals surface area contributed by atoms with Crippen LogP contribution in [-0.4, -0.2) is 23.2 Å². The van der Waals surface area contributed by atoms with Crippen LogP contribution in [0.2, 0.25) is 0 Å². The quantitative estimate of drug-likeness (QED) is 0.892. The summed E-state index contributed by atoms with van der Waals surface area (Å²) in [6, 6.07) is 5.34. The number of ether oxygens (including phenoxy) is 1. The van der Waals surface area contributed by atoms with Crippen LogP contribution in [0.3, 0.4) is 0 Å². The van der Waals surface area contributed by atoms with Gasteiger partial charge in [-0.25, -0.2) is 0 Å². The van der Waals surface area contributed by atoms with Crippen molar-refractivity contribution in [1.82, 2.24) is 5.32 Å². The van der Waals surface area contributed by atoms with Gasteiger partial charge >= 0.3 is 0 Å². The Hall–Kier alpha value is -1.07. The molecule has 0 saturated carbocycles. The third-order valence-corrected chi connectivity index (χ3v) is 2.79. The van der Waals surface area contributed by atoms with Gasteiger partial charge in [0.05, 0.1) is 6.10 Å². The molecule has 0 aliphatic carbocycles. The number of aliphatic hydroxyl groups is 1. The molecule has 4 nitrogen and oxygen atoms in total. The molecule has 0 heterocycles. The molecule has 19 heavy (non-hydrogen) atoms. The van der Waals surface area contributed by atoms with E-state index in [1.165, 1.54) is 0 Å². The number of hydrogen-bond donors (Lipinski definition) is 2. The molecule has 0 bridgehead atoms. The zero-order chi connectivity index (χ0) is 14.6. The zero-order valence-corrected chi connectivity index (χ0v) is 13.2. The number of benzene rings is 1. The molecule has 0 aliphatic rings. The molecule has 0 fully saturated rings. The Balaban J connectivity index is 2.72. The molecule has 1 atom stereocenters. The van der Waals surface area contributed by atoms with Crippen LogP contribution in [0, 0.1) is 0 Å². The Morgan fingerprint density at radius 1 is 1.47 bits per heavy atom. The van der Waals surface area contributed by atoms with Crippen molar-refractivity contribution in [3.63, 3.8) is 0 Å². The maximum atomic E-state index is 11.7. The van der Waals surface area contributed by atoms with Crippen molar-refractivity contribution in [2.45, 2.75) is 39.3 Å². The van der Waals surface area contributed by atoms with Gasteiger partial charge in [-0.2, -0.15) is 0 Å². The average Bonchev–Trinajstić information content (AvgIpc) is 2.23. The summed E-state index contributed by atoms with van der Waals surface area (Å²) in [7, 11) is 0. The first-order chi connectivity index (χ1) is 8.69. The molecule has 0 aliphatic heterocycles. The lowest BCUT2D eigenvalue weighted by atomic mass is 10.1. The molecule has 2 N–H and O–H groups in total. The molecule has 0 radical (unpaired) electrons. The Morgan fingerprint density at radius 3 is 2.63 bits per heavy atom. The maximum absolute atomic E-state index is 11.7. The fourth-order valence-electron chi connectivity index (χ4n) is 1.58. The fourth-order valence-corrected chi connectivity index (χ4v) is 1.92. The molecule has 0 spiro atoms. The number of aliphatic hydroxyl groups excluding tert-OH is 1. The van der Waals surface area contributed by atoms with Crippen molar-refractivity contribution < 1.29 is 14.6 Å². The minimum atomic E-state index is -0.645. The van der Waals surface area contributed by atoms with Crippen molar-refractivity contribution in [3.05, 3.63) is 28.2 Å². The maximum Gasteiger partial charge on any atom is 0.258 e. The SMILES string of the molecule is C[C@H](O)c1ccc(Br)cc1OCC(=O)NC(C)(C)C. The number of nitrogens with one attached hydrogen (secondary N) is 1. The summed E-state index contributed by atoms with van der Waals surface area (Å²) in [5, 5.41) is 12.5. The molecule has 1 aromatic rings. The van der Waals surface area contributed by atoms with Crippen molar-refractivity contribution in [2.75, 3.05) is 6.61 Å². The van der Waals surface area contributed by atoms with E-state index < -0.39 is 6.10 Å². The molecule has 1 amide bonds. The Bertz CT molecular complexity index is 452. The van der Waals surface area contributed by atoms with Gasteiger partial charge in [0.25, 0.3) is 5.91 Å². The van der Waals surface area contributed by atoms with Gasteiger partial charge in [-0.3, -0.25) is 4.79 Å². The second kappa shape index (κ2) is 6.39. The third-order valence-electron chi connectivity index (χ3n) is 2.30. The van der Waals surface area contributed by atoms with Gasteiger partial charge < -0.3 is 15.2 Å². The Morgan fingerprint density at radius 2 is 2.11 bits per heavy atom. The summed E-state index contributed by atoms with van der Waals surface area (Å²) in [5.74, 6) is 0.317. The highest BCUT2D eigenvalue weighted by atomic mass is 79.9. The van der Waals surface area contributed by atoms with E-state index in [-0.39, 0.29) is 18.1 Å². The van der Waals surface area contributed by atoms with Crippen molar-refractivity contribution in [1.29, 1.82) is 0 Å². The van der Waals surface area contributed by atoms with Gasteiger partial charge in [0.1, 0.15) is 5.75 Å². The average molecular weight is 330 g/mol. The highest BCUT2D eigenvalue weighted by molar-refractivity contribution is 9.10. The number of carbonyl (C=O) groups excluding carboxylic acids is 1. The zero-order valence-electron chi connectivity index (χ0n) is 11.7. The summed E-state index contributed by atoms with van der Waals surface area (Å²) >= 11 is 3.34. The van der Waals surface area contributed by atoms with E-state index in [1.807, 2.05) is 26.8 Å². The number of rotatable bonds is 4. The molecule has 1 aromatic carbocycles. The predicted octanol–water partition coefficient (Wildman–Crippen LogP) is 2.80. The van der Waals surface area contributed by atoms with Gasteiger partial charge in [-0.1, -0.05) is 22.0 Å². The van der Waals surface area contributed by atoms with Gasteiger partial charge in [0.15, 0.2) is 6.61 Å². The van der Waals surface area contributed by atoms with Crippen LogP contribution in [0.1, 0.15) is 39.4 Å². The summed E-state index contributed by atoms with van der Waals surface area (Å²) in [4.78, 5) is 11.7. The van der Waals surface area contributed by atoms with Crippen LogP contribution >= 0.6 is 15.9 Å².